The lowest BCUT2D eigenvalue weighted by atomic mass is 9.99. The van der Waals surface area contributed by atoms with Gasteiger partial charge < -0.3 is 30.3 Å². The van der Waals surface area contributed by atoms with Crippen molar-refractivity contribution >= 4 is 46.8 Å². The molecular weight excluding hydrogens is 546 g/mol. The summed E-state index contributed by atoms with van der Waals surface area (Å²) in [6.45, 7) is 6.02. The molecule has 2 heterocycles. The van der Waals surface area contributed by atoms with E-state index in [0.717, 1.165) is 19.3 Å². The SMILES string of the molecule is CC(C)(C)OC(=O)N1CCCCC1CC(=O)Nc1cc(Oc2ccc(NC(=O)Nc3ccccc3)c(Cl)c2)ccn1. The number of hydrogen-bond donors (Lipinski definition) is 3. The third kappa shape index (κ3) is 9.11. The van der Waals surface area contributed by atoms with E-state index in [0.29, 0.717) is 35.2 Å². The molecule has 1 aliphatic rings. The molecule has 41 heavy (non-hydrogen) atoms. The second-order valence-corrected chi connectivity index (χ2v) is 11.0. The molecule has 3 N–H and O–H groups in total. The molecule has 216 valence electrons. The number of amides is 4. The van der Waals surface area contributed by atoms with Crippen LogP contribution in [0.5, 0.6) is 11.5 Å². The average molecular weight is 580 g/mol. The lowest BCUT2D eigenvalue weighted by molar-refractivity contribution is -0.117. The Morgan fingerprint density at radius 1 is 0.976 bits per heavy atom. The van der Waals surface area contributed by atoms with Gasteiger partial charge in [0.1, 0.15) is 22.9 Å². The fourth-order valence-electron chi connectivity index (χ4n) is 4.33. The molecule has 1 aromatic heterocycles. The monoisotopic (exact) mass is 579 g/mol. The molecule has 0 saturated carbocycles. The summed E-state index contributed by atoms with van der Waals surface area (Å²) in [4.78, 5) is 43.7. The molecule has 3 aromatic rings. The average Bonchev–Trinajstić information content (AvgIpc) is 2.90. The minimum absolute atomic E-state index is 0.133. The summed E-state index contributed by atoms with van der Waals surface area (Å²) >= 11 is 6.38. The Kier molecular flexibility index (Phi) is 9.67. The van der Waals surface area contributed by atoms with E-state index in [1.807, 2.05) is 39.0 Å². The summed E-state index contributed by atoms with van der Waals surface area (Å²) in [7, 11) is 0. The first-order valence-corrected chi connectivity index (χ1v) is 13.8. The van der Waals surface area contributed by atoms with E-state index in [4.69, 9.17) is 21.1 Å². The molecule has 1 aliphatic heterocycles. The van der Waals surface area contributed by atoms with Gasteiger partial charge in [-0.15, -0.1) is 0 Å². The number of urea groups is 1. The number of ether oxygens (including phenoxy) is 2. The molecule has 4 amide bonds. The summed E-state index contributed by atoms with van der Waals surface area (Å²) in [6, 6.07) is 16.5. The van der Waals surface area contributed by atoms with E-state index < -0.39 is 17.7 Å². The van der Waals surface area contributed by atoms with Crippen LogP contribution in [0.1, 0.15) is 46.5 Å². The van der Waals surface area contributed by atoms with Crippen LogP contribution in [0, 0.1) is 0 Å². The smallest absolute Gasteiger partial charge is 0.410 e. The number of nitrogens with zero attached hydrogens (tertiary/aromatic N) is 2. The molecule has 4 rings (SSSR count). The van der Waals surface area contributed by atoms with Gasteiger partial charge in [0.25, 0.3) is 0 Å². The number of pyridine rings is 1. The van der Waals surface area contributed by atoms with E-state index in [1.165, 1.54) is 6.20 Å². The molecule has 0 aliphatic carbocycles. The summed E-state index contributed by atoms with van der Waals surface area (Å²) in [5, 5.41) is 8.52. The highest BCUT2D eigenvalue weighted by atomic mass is 35.5. The van der Waals surface area contributed by atoms with Crippen LogP contribution >= 0.6 is 11.6 Å². The number of hydrogen-bond acceptors (Lipinski definition) is 6. The summed E-state index contributed by atoms with van der Waals surface area (Å²) in [5.74, 6) is 0.918. The van der Waals surface area contributed by atoms with Crippen molar-refractivity contribution in [3.05, 3.63) is 71.9 Å². The van der Waals surface area contributed by atoms with Crippen molar-refractivity contribution in [2.24, 2.45) is 0 Å². The van der Waals surface area contributed by atoms with Crippen molar-refractivity contribution in [3.63, 3.8) is 0 Å². The maximum atomic E-state index is 12.9. The van der Waals surface area contributed by atoms with Crippen molar-refractivity contribution in [2.75, 3.05) is 22.5 Å². The lowest BCUT2D eigenvalue weighted by Gasteiger charge is -2.36. The third-order valence-electron chi connectivity index (χ3n) is 6.13. The first kappa shape index (κ1) is 29.7. The van der Waals surface area contributed by atoms with Gasteiger partial charge in [0.2, 0.25) is 5.91 Å². The van der Waals surface area contributed by atoms with Gasteiger partial charge >= 0.3 is 12.1 Å². The van der Waals surface area contributed by atoms with Crippen molar-refractivity contribution in [3.8, 4) is 11.5 Å². The molecule has 11 heteroatoms. The predicted molar refractivity (Wildman–Crippen MR) is 159 cm³/mol. The highest BCUT2D eigenvalue weighted by Gasteiger charge is 2.31. The number of carbonyl (C=O) groups excluding carboxylic acids is 3. The Morgan fingerprint density at radius 2 is 1.73 bits per heavy atom. The van der Waals surface area contributed by atoms with Crippen LogP contribution in [0.25, 0.3) is 0 Å². The Morgan fingerprint density at radius 3 is 2.46 bits per heavy atom. The number of rotatable bonds is 7. The number of aromatic nitrogens is 1. The number of carbonyl (C=O) groups is 3. The zero-order valence-corrected chi connectivity index (χ0v) is 24.0. The summed E-state index contributed by atoms with van der Waals surface area (Å²) < 4.78 is 11.4. The second-order valence-electron chi connectivity index (χ2n) is 10.6. The van der Waals surface area contributed by atoms with Crippen molar-refractivity contribution in [1.29, 1.82) is 0 Å². The maximum Gasteiger partial charge on any atom is 0.410 e. The Hall–Kier alpha value is -4.31. The van der Waals surface area contributed by atoms with Crippen LogP contribution in [0.2, 0.25) is 5.02 Å². The van der Waals surface area contributed by atoms with Crippen LogP contribution in [0.3, 0.4) is 0 Å². The van der Waals surface area contributed by atoms with Gasteiger partial charge in [0, 0.05) is 43.0 Å². The van der Waals surface area contributed by atoms with Crippen LogP contribution in [-0.4, -0.2) is 46.1 Å². The van der Waals surface area contributed by atoms with Crippen molar-refractivity contribution < 1.29 is 23.9 Å². The number of halogens is 1. The zero-order valence-electron chi connectivity index (χ0n) is 23.3. The first-order chi connectivity index (χ1) is 19.6. The minimum atomic E-state index is -0.607. The zero-order chi connectivity index (χ0) is 29.4. The van der Waals surface area contributed by atoms with Crippen molar-refractivity contribution in [1.82, 2.24) is 9.88 Å². The largest absolute Gasteiger partial charge is 0.457 e. The number of para-hydroxylation sites is 1. The molecule has 0 bridgehead atoms. The fraction of sp³-hybridized carbons (Fsp3) is 0.333. The van der Waals surface area contributed by atoms with Crippen molar-refractivity contribution in [2.45, 2.75) is 58.1 Å². The molecule has 0 spiro atoms. The van der Waals surface area contributed by atoms with Gasteiger partial charge in [-0.3, -0.25) is 4.79 Å². The molecule has 10 nitrogen and oxygen atoms in total. The van der Waals surface area contributed by atoms with Crippen LogP contribution in [-0.2, 0) is 9.53 Å². The van der Waals surface area contributed by atoms with Gasteiger partial charge in [-0.1, -0.05) is 29.8 Å². The van der Waals surface area contributed by atoms with Crippen LogP contribution < -0.4 is 20.7 Å². The molecule has 1 atom stereocenters. The Bertz CT molecular complexity index is 1380. The van der Waals surface area contributed by atoms with Gasteiger partial charge in [0.15, 0.2) is 0 Å². The minimum Gasteiger partial charge on any atom is -0.457 e. The van der Waals surface area contributed by atoms with Gasteiger partial charge in [-0.2, -0.15) is 0 Å². The Balaban J connectivity index is 1.33. The number of anilines is 3. The van der Waals surface area contributed by atoms with Gasteiger partial charge in [-0.25, -0.2) is 14.6 Å². The highest BCUT2D eigenvalue weighted by Crippen LogP contribution is 2.31. The quantitative estimate of drug-likeness (QED) is 0.270. The lowest BCUT2D eigenvalue weighted by Crippen LogP contribution is -2.47. The normalized spacial score (nSPS) is 15.0. The molecule has 1 unspecified atom stereocenters. The summed E-state index contributed by atoms with van der Waals surface area (Å²) in [5.41, 5.74) is 0.461. The third-order valence-corrected chi connectivity index (χ3v) is 6.44. The number of piperidine rings is 1. The van der Waals surface area contributed by atoms with E-state index >= 15 is 0 Å². The van der Waals surface area contributed by atoms with E-state index in [9.17, 15) is 14.4 Å². The first-order valence-electron chi connectivity index (χ1n) is 13.4. The highest BCUT2D eigenvalue weighted by molar-refractivity contribution is 6.34. The fourth-order valence-corrected chi connectivity index (χ4v) is 4.55. The van der Waals surface area contributed by atoms with E-state index in [1.54, 1.807) is 47.4 Å². The summed E-state index contributed by atoms with van der Waals surface area (Å²) in [6.07, 6.45) is 3.79. The van der Waals surface area contributed by atoms with Gasteiger partial charge in [0.05, 0.1) is 10.7 Å². The molecule has 2 aromatic carbocycles. The maximum absolute atomic E-state index is 12.9. The number of nitrogens with one attached hydrogen (secondary N) is 3. The molecular formula is C30H34ClN5O5. The van der Waals surface area contributed by atoms with Gasteiger partial charge in [-0.05, 0) is 70.4 Å². The molecule has 1 saturated heterocycles. The standard InChI is InChI=1S/C30H34ClN5O5/c1-30(2,3)41-29(39)36-16-8-7-11-21(36)17-27(37)35-26-19-23(14-15-32-26)40-22-12-13-25(24(31)18-22)34-28(38)33-20-9-5-4-6-10-20/h4-6,9-10,12-15,18-19,21H,7-8,11,16-17H2,1-3H3,(H,32,35,37)(H2,33,34,38). The van der Waals surface area contributed by atoms with Crippen LogP contribution in [0.15, 0.2) is 66.9 Å². The number of likely N-dealkylation sites (tertiary alicyclic amines) is 1. The van der Waals surface area contributed by atoms with E-state index in [2.05, 4.69) is 20.9 Å². The molecule has 1 fully saturated rings. The number of benzene rings is 2. The van der Waals surface area contributed by atoms with Crippen LogP contribution in [0.4, 0.5) is 26.8 Å². The predicted octanol–water partition coefficient (Wildman–Crippen LogP) is 7.29. The Labute approximate surface area is 244 Å². The van der Waals surface area contributed by atoms with E-state index in [-0.39, 0.29) is 23.4 Å². The topological polar surface area (TPSA) is 122 Å². The second kappa shape index (κ2) is 13.4. The molecule has 0 radical (unpaired) electrons.